The highest BCUT2D eigenvalue weighted by atomic mass is 16.5. The van der Waals surface area contributed by atoms with Crippen LogP contribution in [0.15, 0.2) is 61.2 Å². The largest absolute Gasteiger partial charge is 0.493 e. The fourth-order valence-electron chi connectivity index (χ4n) is 1.61. The molecule has 1 heteroatoms. The van der Waals surface area contributed by atoms with Crippen molar-refractivity contribution in [2.75, 3.05) is 6.61 Å². The molecule has 0 amide bonds. The number of allylic oxidation sites excluding steroid dienone is 5. The van der Waals surface area contributed by atoms with E-state index in [0.717, 1.165) is 24.4 Å². The zero-order valence-corrected chi connectivity index (χ0v) is 11.8. The van der Waals surface area contributed by atoms with Crippen molar-refractivity contribution in [3.63, 3.8) is 0 Å². The molecule has 1 rings (SSSR count). The average Bonchev–Trinajstić information content (AvgIpc) is 2.46. The Morgan fingerprint density at radius 1 is 1.16 bits per heavy atom. The molecular formula is C18H22O. The highest BCUT2D eigenvalue weighted by molar-refractivity contribution is 5.62. The molecule has 1 aromatic carbocycles. The van der Waals surface area contributed by atoms with Crippen LogP contribution in [0.4, 0.5) is 0 Å². The van der Waals surface area contributed by atoms with Crippen molar-refractivity contribution in [3.05, 3.63) is 72.4 Å². The minimum atomic E-state index is 0.758. The van der Waals surface area contributed by atoms with Crippen molar-refractivity contribution in [1.82, 2.24) is 0 Å². The molecule has 0 aliphatic carbocycles. The summed E-state index contributed by atoms with van der Waals surface area (Å²) in [7, 11) is 0. The van der Waals surface area contributed by atoms with Gasteiger partial charge in [-0.1, -0.05) is 68.1 Å². The van der Waals surface area contributed by atoms with Crippen molar-refractivity contribution in [2.24, 2.45) is 0 Å². The van der Waals surface area contributed by atoms with Crippen LogP contribution in [0.2, 0.25) is 0 Å². The van der Waals surface area contributed by atoms with Crippen LogP contribution in [0.3, 0.4) is 0 Å². The lowest BCUT2D eigenvalue weighted by atomic mass is 10.1. The monoisotopic (exact) mass is 254 g/mol. The van der Waals surface area contributed by atoms with Crippen LogP contribution in [0.1, 0.15) is 31.4 Å². The van der Waals surface area contributed by atoms with Gasteiger partial charge < -0.3 is 4.74 Å². The molecule has 0 aliphatic rings. The molecule has 0 saturated heterocycles. The van der Waals surface area contributed by atoms with Crippen LogP contribution in [-0.4, -0.2) is 6.61 Å². The van der Waals surface area contributed by atoms with Gasteiger partial charge in [-0.25, -0.2) is 0 Å². The van der Waals surface area contributed by atoms with Gasteiger partial charge in [0.05, 0.1) is 6.61 Å². The highest BCUT2D eigenvalue weighted by Crippen LogP contribution is 2.17. The van der Waals surface area contributed by atoms with E-state index in [9.17, 15) is 0 Å². The smallest absolute Gasteiger partial charge is 0.122 e. The van der Waals surface area contributed by atoms with Crippen molar-refractivity contribution in [3.8, 4) is 0 Å². The summed E-state index contributed by atoms with van der Waals surface area (Å²) in [4.78, 5) is 0. The van der Waals surface area contributed by atoms with Gasteiger partial charge >= 0.3 is 0 Å². The molecule has 0 bridgehead atoms. The fraction of sp³-hybridized carbons (Fsp3) is 0.222. The van der Waals surface area contributed by atoms with Crippen molar-refractivity contribution in [1.29, 1.82) is 0 Å². The average molecular weight is 254 g/mol. The summed E-state index contributed by atoms with van der Waals surface area (Å²) >= 11 is 0. The van der Waals surface area contributed by atoms with Crippen molar-refractivity contribution in [2.45, 2.75) is 20.3 Å². The molecule has 0 aromatic heterocycles. The molecule has 0 spiro atoms. The first-order valence-corrected chi connectivity index (χ1v) is 6.67. The van der Waals surface area contributed by atoms with E-state index in [4.69, 9.17) is 4.74 Å². The maximum absolute atomic E-state index is 5.70. The first-order valence-electron chi connectivity index (χ1n) is 6.67. The van der Waals surface area contributed by atoms with Gasteiger partial charge in [0.25, 0.3) is 0 Å². The summed E-state index contributed by atoms with van der Waals surface area (Å²) in [5, 5.41) is 0. The zero-order valence-electron chi connectivity index (χ0n) is 11.8. The van der Waals surface area contributed by atoms with E-state index in [1.807, 2.05) is 31.2 Å². The molecule has 0 fully saturated rings. The molecule has 0 aliphatic heterocycles. The quantitative estimate of drug-likeness (QED) is 0.478. The molecule has 0 atom stereocenters. The molecule has 1 aromatic rings. The topological polar surface area (TPSA) is 9.23 Å². The van der Waals surface area contributed by atoms with Crippen LogP contribution in [0, 0.1) is 0 Å². The van der Waals surface area contributed by atoms with Crippen LogP contribution >= 0.6 is 0 Å². The first-order chi connectivity index (χ1) is 9.31. The van der Waals surface area contributed by atoms with Gasteiger partial charge in [-0.2, -0.15) is 0 Å². The van der Waals surface area contributed by atoms with E-state index in [1.165, 1.54) is 5.56 Å². The zero-order chi connectivity index (χ0) is 13.9. The Bertz CT molecular complexity index is 461. The van der Waals surface area contributed by atoms with Crippen molar-refractivity contribution >= 4 is 11.8 Å². The SMILES string of the molecule is C=C/C=C/C=C/c1ccc(/C(=C/C)OCCC)cc1. The summed E-state index contributed by atoms with van der Waals surface area (Å²) < 4.78 is 5.70. The van der Waals surface area contributed by atoms with Gasteiger partial charge in [0.2, 0.25) is 0 Å². The Morgan fingerprint density at radius 3 is 2.47 bits per heavy atom. The number of ether oxygens (including phenoxy) is 1. The fourth-order valence-corrected chi connectivity index (χ4v) is 1.61. The number of hydrogen-bond donors (Lipinski definition) is 0. The van der Waals surface area contributed by atoms with Crippen LogP contribution < -0.4 is 0 Å². The second kappa shape index (κ2) is 8.98. The van der Waals surface area contributed by atoms with Crippen LogP contribution in [0.25, 0.3) is 11.8 Å². The van der Waals surface area contributed by atoms with E-state index in [2.05, 4.69) is 43.8 Å². The van der Waals surface area contributed by atoms with Gasteiger partial charge in [-0.05, 0) is 25.0 Å². The second-order valence-electron chi connectivity index (χ2n) is 4.10. The van der Waals surface area contributed by atoms with E-state index in [0.29, 0.717) is 0 Å². The van der Waals surface area contributed by atoms with Gasteiger partial charge in [0, 0.05) is 5.56 Å². The summed E-state index contributed by atoms with van der Waals surface area (Å²) in [5.74, 6) is 0.948. The summed E-state index contributed by atoms with van der Waals surface area (Å²) in [6.07, 6.45) is 12.7. The summed E-state index contributed by atoms with van der Waals surface area (Å²) in [5.41, 5.74) is 2.29. The molecule has 19 heavy (non-hydrogen) atoms. The maximum Gasteiger partial charge on any atom is 0.122 e. The van der Waals surface area contributed by atoms with Gasteiger partial charge in [-0.15, -0.1) is 0 Å². The predicted molar refractivity (Wildman–Crippen MR) is 84.7 cm³/mol. The third kappa shape index (κ3) is 5.43. The molecule has 0 N–H and O–H groups in total. The number of hydrogen-bond acceptors (Lipinski definition) is 1. The van der Waals surface area contributed by atoms with Crippen LogP contribution in [-0.2, 0) is 4.74 Å². The minimum Gasteiger partial charge on any atom is -0.493 e. The van der Waals surface area contributed by atoms with Crippen molar-refractivity contribution < 1.29 is 4.74 Å². The van der Waals surface area contributed by atoms with E-state index < -0.39 is 0 Å². The lowest BCUT2D eigenvalue weighted by molar-refractivity contribution is 0.277. The second-order valence-corrected chi connectivity index (χ2v) is 4.10. The summed E-state index contributed by atoms with van der Waals surface area (Å²) in [6.45, 7) is 8.49. The maximum atomic E-state index is 5.70. The standard InChI is InChI=1S/C18H22O/c1-4-7-8-9-10-16-11-13-17(14-12-16)18(6-3)19-15-5-2/h4,6-14H,1,5,15H2,2-3H3/b8-7+,10-9+,18-6-. The molecule has 0 heterocycles. The summed E-state index contributed by atoms with van der Waals surface area (Å²) in [6, 6.07) is 8.35. The first kappa shape index (κ1) is 15.0. The van der Waals surface area contributed by atoms with Crippen LogP contribution in [0.5, 0.6) is 0 Å². The Labute approximate surface area is 116 Å². The van der Waals surface area contributed by atoms with E-state index >= 15 is 0 Å². The predicted octanol–water partition coefficient (Wildman–Crippen LogP) is 5.23. The Kier molecular flexibility index (Phi) is 7.11. The van der Waals surface area contributed by atoms with Gasteiger partial charge in [0.15, 0.2) is 0 Å². The number of benzene rings is 1. The highest BCUT2D eigenvalue weighted by Gasteiger charge is 2.00. The molecular weight excluding hydrogens is 232 g/mol. The Balaban J connectivity index is 2.72. The minimum absolute atomic E-state index is 0.758. The molecule has 0 unspecified atom stereocenters. The lowest BCUT2D eigenvalue weighted by Gasteiger charge is -2.09. The third-order valence-corrected chi connectivity index (χ3v) is 2.57. The van der Waals surface area contributed by atoms with Gasteiger partial charge in [0.1, 0.15) is 5.76 Å². The normalized spacial score (nSPS) is 12.2. The third-order valence-electron chi connectivity index (χ3n) is 2.57. The molecule has 0 saturated carbocycles. The lowest BCUT2D eigenvalue weighted by Crippen LogP contribution is -1.93. The van der Waals surface area contributed by atoms with E-state index in [-0.39, 0.29) is 0 Å². The number of rotatable bonds is 7. The molecule has 0 radical (unpaired) electrons. The van der Waals surface area contributed by atoms with Gasteiger partial charge in [-0.3, -0.25) is 0 Å². The molecule has 100 valence electrons. The molecule has 1 nitrogen and oxygen atoms in total. The Hall–Kier alpha value is -2.02. The Morgan fingerprint density at radius 2 is 1.89 bits per heavy atom. The van der Waals surface area contributed by atoms with E-state index in [1.54, 1.807) is 6.08 Å².